The Balaban J connectivity index is 1.82. The minimum atomic E-state index is -1.25. The SMILES string of the molecule is O=S1c2cc3ccccc3nc2Sc2c1cnc1ccccc21. The Bertz CT molecular complexity index is 1120. The molecule has 1 atom stereocenters. The first kappa shape index (κ1) is 13.2. The molecule has 0 saturated carbocycles. The first-order valence-corrected chi connectivity index (χ1v) is 9.15. The van der Waals surface area contributed by atoms with Crippen LogP contribution < -0.4 is 0 Å². The van der Waals surface area contributed by atoms with Crippen LogP contribution in [0.1, 0.15) is 0 Å². The summed E-state index contributed by atoms with van der Waals surface area (Å²) < 4.78 is 13.0. The summed E-state index contributed by atoms with van der Waals surface area (Å²) in [5.74, 6) is 0. The van der Waals surface area contributed by atoms with Crippen molar-refractivity contribution in [3.8, 4) is 0 Å². The van der Waals surface area contributed by atoms with Crippen LogP contribution in [0.15, 0.2) is 80.5 Å². The van der Waals surface area contributed by atoms with Crippen molar-refractivity contribution in [2.45, 2.75) is 19.7 Å². The summed E-state index contributed by atoms with van der Waals surface area (Å²) in [6.45, 7) is 0. The van der Waals surface area contributed by atoms with E-state index >= 15 is 0 Å². The fourth-order valence-corrected chi connectivity index (χ4v) is 5.57. The smallest absolute Gasteiger partial charge is 0.118 e. The van der Waals surface area contributed by atoms with Crippen molar-refractivity contribution in [2.75, 3.05) is 0 Å². The molecule has 3 heterocycles. The third kappa shape index (κ3) is 1.93. The molecule has 2 aromatic heterocycles. The van der Waals surface area contributed by atoms with Crippen LogP contribution >= 0.6 is 11.8 Å². The van der Waals surface area contributed by atoms with Gasteiger partial charge in [-0.15, -0.1) is 0 Å². The molecule has 0 N–H and O–H groups in total. The van der Waals surface area contributed by atoms with Gasteiger partial charge in [0.25, 0.3) is 0 Å². The van der Waals surface area contributed by atoms with E-state index < -0.39 is 10.8 Å². The Labute approximate surface area is 139 Å². The maximum absolute atomic E-state index is 13.0. The van der Waals surface area contributed by atoms with Gasteiger partial charge < -0.3 is 0 Å². The lowest BCUT2D eigenvalue weighted by molar-refractivity contribution is 0.678. The van der Waals surface area contributed by atoms with Gasteiger partial charge in [0.1, 0.15) is 5.03 Å². The Hall–Kier alpha value is -2.24. The highest BCUT2D eigenvalue weighted by atomic mass is 32.2. The van der Waals surface area contributed by atoms with Gasteiger partial charge in [-0.2, -0.15) is 0 Å². The van der Waals surface area contributed by atoms with E-state index in [-0.39, 0.29) is 0 Å². The average molecular weight is 334 g/mol. The second kappa shape index (κ2) is 4.88. The van der Waals surface area contributed by atoms with E-state index in [2.05, 4.69) is 4.98 Å². The van der Waals surface area contributed by atoms with Crippen molar-refractivity contribution in [1.82, 2.24) is 9.97 Å². The summed E-state index contributed by atoms with van der Waals surface area (Å²) in [6, 6.07) is 17.9. The number of benzene rings is 2. The highest BCUT2D eigenvalue weighted by Gasteiger charge is 2.26. The molecule has 1 aliphatic rings. The molecular formula is C18H10N2OS2. The van der Waals surface area contributed by atoms with Gasteiger partial charge in [-0.05, 0) is 18.2 Å². The normalized spacial score (nSPS) is 16.3. The molecule has 0 spiro atoms. The summed E-state index contributed by atoms with van der Waals surface area (Å²) >= 11 is 1.59. The van der Waals surface area contributed by atoms with Crippen molar-refractivity contribution in [3.63, 3.8) is 0 Å². The van der Waals surface area contributed by atoms with Gasteiger partial charge in [0.15, 0.2) is 0 Å². The summed E-state index contributed by atoms with van der Waals surface area (Å²) in [5.41, 5.74) is 1.84. The second-order valence-corrected chi connectivity index (χ2v) is 7.74. The van der Waals surface area contributed by atoms with Gasteiger partial charge in [0.05, 0.1) is 31.6 Å². The van der Waals surface area contributed by atoms with Gasteiger partial charge in [-0.3, -0.25) is 4.98 Å². The first-order chi connectivity index (χ1) is 11.3. The van der Waals surface area contributed by atoms with Gasteiger partial charge >= 0.3 is 0 Å². The molecule has 2 aromatic carbocycles. The molecule has 23 heavy (non-hydrogen) atoms. The summed E-state index contributed by atoms with van der Waals surface area (Å²) in [6.07, 6.45) is 1.74. The molecule has 0 aliphatic carbocycles. The van der Waals surface area contributed by atoms with Crippen LogP contribution in [0.2, 0.25) is 0 Å². The zero-order valence-electron chi connectivity index (χ0n) is 11.9. The van der Waals surface area contributed by atoms with Gasteiger partial charge in [-0.25, -0.2) is 9.19 Å². The average Bonchev–Trinajstić information content (AvgIpc) is 2.60. The van der Waals surface area contributed by atoms with Crippen LogP contribution in [-0.2, 0) is 10.8 Å². The van der Waals surface area contributed by atoms with Crippen LogP contribution in [0.5, 0.6) is 0 Å². The number of hydrogen-bond donors (Lipinski definition) is 0. The van der Waals surface area contributed by atoms with Crippen LogP contribution in [0, 0.1) is 0 Å². The summed E-state index contributed by atoms with van der Waals surface area (Å²) in [4.78, 5) is 11.7. The van der Waals surface area contributed by atoms with E-state index in [1.165, 1.54) is 0 Å². The van der Waals surface area contributed by atoms with E-state index in [0.717, 1.165) is 41.5 Å². The monoisotopic (exact) mass is 334 g/mol. The molecule has 0 bridgehead atoms. The molecule has 1 unspecified atom stereocenters. The van der Waals surface area contributed by atoms with Crippen molar-refractivity contribution < 1.29 is 4.21 Å². The van der Waals surface area contributed by atoms with Gasteiger partial charge in [0.2, 0.25) is 0 Å². The largest absolute Gasteiger partial charge is 0.255 e. The number of nitrogens with zero attached hydrogens (tertiary/aromatic N) is 2. The third-order valence-corrected chi connectivity index (χ3v) is 6.77. The predicted molar refractivity (Wildman–Crippen MR) is 92.3 cm³/mol. The zero-order chi connectivity index (χ0) is 15.4. The quantitative estimate of drug-likeness (QED) is 0.420. The second-order valence-electron chi connectivity index (χ2n) is 5.32. The lowest BCUT2D eigenvalue weighted by Gasteiger charge is -2.19. The fraction of sp³-hybridized carbons (Fsp3) is 0. The molecule has 0 fully saturated rings. The summed E-state index contributed by atoms with van der Waals surface area (Å²) in [5, 5.41) is 2.87. The highest BCUT2D eigenvalue weighted by molar-refractivity contribution is 8.01. The molecule has 0 saturated heterocycles. The maximum atomic E-state index is 13.0. The number of hydrogen-bond acceptors (Lipinski definition) is 4. The minimum Gasteiger partial charge on any atom is -0.255 e. The van der Waals surface area contributed by atoms with Crippen molar-refractivity contribution in [2.24, 2.45) is 0 Å². The van der Waals surface area contributed by atoms with Crippen molar-refractivity contribution in [3.05, 3.63) is 60.8 Å². The highest BCUT2D eigenvalue weighted by Crippen LogP contribution is 2.45. The summed E-state index contributed by atoms with van der Waals surface area (Å²) in [7, 11) is -1.25. The number of fused-ring (bicyclic) bond motifs is 5. The van der Waals surface area contributed by atoms with Crippen LogP contribution in [-0.4, -0.2) is 14.2 Å². The number of para-hydroxylation sites is 2. The first-order valence-electron chi connectivity index (χ1n) is 7.18. The number of rotatable bonds is 0. The van der Waals surface area contributed by atoms with E-state index in [9.17, 15) is 4.21 Å². The van der Waals surface area contributed by atoms with Gasteiger partial charge in [-0.1, -0.05) is 48.2 Å². The van der Waals surface area contributed by atoms with E-state index in [4.69, 9.17) is 4.98 Å². The van der Waals surface area contributed by atoms with Crippen molar-refractivity contribution in [1.29, 1.82) is 0 Å². The fourth-order valence-electron chi connectivity index (χ4n) is 2.84. The molecule has 4 aromatic rings. The van der Waals surface area contributed by atoms with E-state index in [1.807, 2.05) is 54.6 Å². The molecule has 5 rings (SSSR count). The molecule has 0 radical (unpaired) electrons. The Kier molecular flexibility index (Phi) is 2.80. The van der Waals surface area contributed by atoms with Crippen molar-refractivity contribution >= 4 is 44.4 Å². The molecule has 1 aliphatic heterocycles. The molecule has 5 heteroatoms. The molecular weight excluding hydrogens is 324 g/mol. The van der Waals surface area contributed by atoms with Crippen LogP contribution in [0.4, 0.5) is 0 Å². The standard InChI is InChI=1S/C18H10N2OS2/c21-23-15-9-11-5-1-3-7-13(11)20-18(15)22-17-12-6-2-4-8-14(12)19-10-16(17)23/h1-10H. The zero-order valence-corrected chi connectivity index (χ0v) is 13.5. The molecule has 3 nitrogen and oxygen atoms in total. The lowest BCUT2D eigenvalue weighted by Crippen LogP contribution is -2.05. The minimum absolute atomic E-state index is 0.776. The molecule has 110 valence electrons. The van der Waals surface area contributed by atoms with Gasteiger partial charge in [0, 0.05) is 21.9 Å². The van der Waals surface area contributed by atoms with Crippen LogP contribution in [0.25, 0.3) is 21.8 Å². The number of pyridine rings is 2. The van der Waals surface area contributed by atoms with Crippen LogP contribution in [0.3, 0.4) is 0 Å². The Morgan fingerprint density at radius 3 is 2.61 bits per heavy atom. The van der Waals surface area contributed by atoms with E-state index in [1.54, 1.807) is 18.0 Å². The third-order valence-electron chi connectivity index (χ3n) is 3.95. The maximum Gasteiger partial charge on any atom is 0.118 e. The molecule has 0 amide bonds. The topological polar surface area (TPSA) is 42.9 Å². The predicted octanol–water partition coefficient (Wildman–Crippen LogP) is 4.41. The Morgan fingerprint density at radius 2 is 1.70 bits per heavy atom. The number of aromatic nitrogens is 2. The Morgan fingerprint density at radius 1 is 0.913 bits per heavy atom. The lowest BCUT2D eigenvalue weighted by atomic mass is 10.2. The van der Waals surface area contributed by atoms with E-state index in [0.29, 0.717) is 0 Å².